The highest BCUT2D eigenvalue weighted by atomic mass is 16.6. The van der Waals surface area contributed by atoms with E-state index in [2.05, 4.69) is 15.0 Å². The highest BCUT2D eigenvalue weighted by Gasteiger charge is 2.53. The van der Waals surface area contributed by atoms with E-state index in [1.54, 1.807) is 0 Å². The number of nitrogens with two attached hydrogens (primary N) is 1. The van der Waals surface area contributed by atoms with Crippen LogP contribution in [0.5, 0.6) is 0 Å². The van der Waals surface area contributed by atoms with Gasteiger partial charge in [0.1, 0.15) is 29.7 Å². The average molecular weight is 281 g/mol. The van der Waals surface area contributed by atoms with E-state index in [0.29, 0.717) is 11.2 Å². The zero-order valence-electron chi connectivity index (χ0n) is 10.7. The summed E-state index contributed by atoms with van der Waals surface area (Å²) in [5.74, 6) is 0.214. The van der Waals surface area contributed by atoms with E-state index in [1.807, 2.05) is 0 Å². The van der Waals surface area contributed by atoms with Gasteiger partial charge < -0.3 is 25.8 Å². The lowest BCUT2D eigenvalue weighted by Gasteiger charge is -2.27. The SMILES string of the molecule is C[C@]1(O)C(O)C(CO)OC1n1cnc2c(N)ncnc21. The summed E-state index contributed by atoms with van der Waals surface area (Å²) >= 11 is 0. The van der Waals surface area contributed by atoms with Crippen molar-refractivity contribution >= 4 is 17.0 Å². The summed E-state index contributed by atoms with van der Waals surface area (Å²) in [4.78, 5) is 12.0. The van der Waals surface area contributed by atoms with Crippen molar-refractivity contribution in [2.24, 2.45) is 0 Å². The summed E-state index contributed by atoms with van der Waals surface area (Å²) in [6.45, 7) is 1.02. The van der Waals surface area contributed by atoms with Crippen molar-refractivity contribution in [2.45, 2.75) is 31.0 Å². The van der Waals surface area contributed by atoms with Gasteiger partial charge in [-0.1, -0.05) is 0 Å². The van der Waals surface area contributed by atoms with Crippen molar-refractivity contribution < 1.29 is 20.1 Å². The van der Waals surface area contributed by atoms with E-state index < -0.39 is 30.6 Å². The molecule has 0 bridgehead atoms. The van der Waals surface area contributed by atoms with Crippen molar-refractivity contribution in [3.8, 4) is 0 Å². The zero-order valence-corrected chi connectivity index (χ0v) is 10.7. The predicted octanol–water partition coefficient (Wildman–Crippen LogP) is -1.59. The van der Waals surface area contributed by atoms with Crippen LogP contribution in [0.3, 0.4) is 0 Å². The van der Waals surface area contributed by atoms with Gasteiger partial charge in [-0.15, -0.1) is 0 Å². The van der Waals surface area contributed by atoms with Gasteiger partial charge in [0.2, 0.25) is 0 Å². The summed E-state index contributed by atoms with van der Waals surface area (Å²) in [5.41, 5.74) is 4.87. The minimum Gasteiger partial charge on any atom is -0.394 e. The van der Waals surface area contributed by atoms with Gasteiger partial charge in [0.05, 0.1) is 12.9 Å². The number of fused-ring (bicyclic) bond motifs is 1. The first-order valence-electron chi connectivity index (χ1n) is 6.06. The molecule has 2 aromatic heterocycles. The van der Waals surface area contributed by atoms with Crippen LogP contribution in [0.25, 0.3) is 11.2 Å². The van der Waals surface area contributed by atoms with Gasteiger partial charge in [0.15, 0.2) is 17.7 Å². The third-order valence-electron chi connectivity index (χ3n) is 3.57. The number of nitrogens with zero attached hydrogens (tertiary/aromatic N) is 4. The fourth-order valence-corrected chi connectivity index (χ4v) is 2.43. The first kappa shape index (κ1) is 13.2. The number of hydrogen-bond donors (Lipinski definition) is 4. The number of hydrogen-bond acceptors (Lipinski definition) is 8. The van der Waals surface area contributed by atoms with Gasteiger partial charge in [-0.05, 0) is 6.92 Å². The highest BCUT2D eigenvalue weighted by molar-refractivity contribution is 5.81. The minimum absolute atomic E-state index is 0.214. The quantitative estimate of drug-likeness (QED) is 0.516. The van der Waals surface area contributed by atoms with Gasteiger partial charge >= 0.3 is 0 Å². The molecule has 9 heteroatoms. The Bertz CT molecular complexity index is 643. The molecular formula is C11H15N5O4. The Balaban J connectivity index is 2.10. The van der Waals surface area contributed by atoms with Crippen LogP contribution in [0, 0.1) is 0 Å². The minimum atomic E-state index is -1.60. The Morgan fingerprint density at radius 2 is 2.20 bits per heavy atom. The van der Waals surface area contributed by atoms with Crippen LogP contribution in [-0.2, 0) is 4.74 Å². The number of ether oxygens (including phenoxy) is 1. The number of anilines is 1. The standard InChI is InChI=1S/C11H15N5O4/c1-11(19)7(18)5(2-17)20-10(11)16-4-15-6-8(12)13-3-14-9(6)16/h3-5,7,10,17-19H,2H2,1H3,(H2,12,13,14)/t5?,7?,10?,11-/m0/s1. The first-order chi connectivity index (χ1) is 9.46. The maximum atomic E-state index is 10.4. The highest BCUT2D eigenvalue weighted by Crippen LogP contribution is 2.39. The van der Waals surface area contributed by atoms with Crippen LogP contribution >= 0.6 is 0 Å². The topological polar surface area (TPSA) is 140 Å². The van der Waals surface area contributed by atoms with E-state index in [4.69, 9.17) is 10.5 Å². The number of aliphatic hydroxyl groups is 3. The smallest absolute Gasteiger partial charge is 0.168 e. The Kier molecular flexibility index (Phi) is 2.87. The maximum absolute atomic E-state index is 10.4. The number of aliphatic hydroxyl groups excluding tert-OH is 2. The van der Waals surface area contributed by atoms with Gasteiger partial charge in [-0.25, -0.2) is 15.0 Å². The van der Waals surface area contributed by atoms with E-state index in [-0.39, 0.29) is 5.82 Å². The van der Waals surface area contributed by atoms with E-state index in [0.717, 1.165) is 0 Å². The van der Waals surface area contributed by atoms with E-state index >= 15 is 0 Å². The van der Waals surface area contributed by atoms with Gasteiger partial charge in [0, 0.05) is 0 Å². The summed E-state index contributed by atoms with van der Waals surface area (Å²) in [6, 6.07) is 0. The third kappa shape index (κ3) is 1.68. The second kappa shape index (κ2) is 4.35. The molecule has 0 amide bonds. The molecule has 108 valence electrons. The Hall–Kier alpha value is -1.81. The first-order valence-corrected chi connectivity index (χ1v) is 6.06. The number of aromatic nitrogens is 4. The van der Waals surface area contributed by atoms with Crippen molar-refractivity contribution in [3.05, 3.63) is 12.7 Å². The van der Waals surface area contributed by atoms with Crippen molar-refractivity contribution in [2.75, 3.05) is 12.3 Å². The summed E-state index contributed by atoms with van der Waals surface area (Å²) in [5, 5.41) is 29.6. The van der Waals surface area contributed by atoms with Crippen LogP contribution in [0.2, 0.25) is 0 Å². The van der Waals surface area contributed by atoms with Gasteiger partial charge in [-0.3, -0.25) is 4.57 Å². The molecule has 0 spiro atoms. The van der Waals surface area contributed by atoms with E-state index in [9.17, 15) is 15.3 Å². The van der Waals surface area contributed by atoms with Gasteiger partial charge in [-0.2, -0.15) is 0 Å². The molecule has 1 saturated heterocycles. The molecule has 0 aliphatic carbocycles. The lowest BCUT2D eigenvalue weighted by atomic mass is 9.96. The molecule has 3 rings (SSSR count). The predicted molar refractivity (Wildman–Crippen MR) is 67.4 cm³/mol. The molecule has 9 nitrogen and oxygen atoms in total. The number of rotatable bonds is 2. The van der Waals surface area contributed by atoms with Crippen molar-refractivity contribution in [1.82, 2.24) is 19.5 Å². The molecule has 1 aliphatic heterocycles. The molecule has 0 radical (unpaired) electrons. The van der Waals surface area contributed by atoms with Crippen LogP contribution < -0.4 is 5.73 Å². The molecule has 1 aliphatic rings. The zero-order chi connectivity index (χ0) is 14.5. The average Bonchev–Trinajstić information content (AvgIpc) is 2.92. The maximum Gasteiger partial charge on any atom is 0.168 e. The molecule has 4 atom stereocenters. The van der Waals surface area contributed by atoms with Gasteiger partial charge in [0.25, 0.3) is 0 Å². The van der Waals surface area contributed by atoms with Crippen LogP contribution in [0.4, 0.5) is 5.82 Å². The molecule has 0 aromatic carbocycles. The second-order valence-corrected chi connectivity index (χ2v) is 4.96. The molecule has 0 saturated carbocycles. The lowest BCUT2D eigenvalue weighted by Crippen LogP contribution is -2.44. The molecule has 5 N–H and O–H groups in total. The fourth-order valence-electron chi connectivity index (χ4n) is 2.43. The third-order valence-corrected chi connectivity index (χ3v) is 3.57. The summed E-state index contributed by atoms with van der Waals surface area (Å²) in [6.07, 6.45) is -0.365. The molecule has 3 unspecified atom stereocenters. The Labute approximate surface area is 113 Å². The summed E-state index contributed by atoms with van der Waals surface area (Å²) in [7, 11) is 0. The van der Waals surface area contributed by atoms with Crippen LogP contribution in [0.15, 0.2) is 12.7 Å². The normalized spacial score (nSPS) is 33.9. The summed E-state index contributed by atoms with van der Waals surface area (Å²) < 4.78 is 6.97. The lowest BCUT2D eigenvalue weighted by molar-refractivity contribution is -0.0950. The molecule has 3 heterocycles. The number of imidazole rings is 1. The fraction of sp³-hybridized carbons (Fsp3) is 0.545. The van der Waals surface area contributed by atoms with E-state index in [1.165, 1.54) is 24.1 Å². The van der Waals surface area contributed by atoms with Crippen LogP contribution in [0.1, 0.15) is 13.2 Å². The second-order valence-electron chi connectivity index (χ2n) is 4.96. The van der Waals surface area contributed by atoms with Crippen LogP contribution in [-0.4, -0.2) is 59.3 Å². The molecule has 1 fully saturated rings. The monoisotopic (exact) mass is 281 g/mol. The van der Waals surface area contributed by atoms with Crippen molar-refractivity contribution in [3.63, 3.8) is 0 Å². The molecular weight excluding hydrogens is 266 g/mol. The Morgan fingerprint density at radius 1 is 1.45 bits per heavy atom. The largest absolute Gasteiger partial charge is 0.394 e. The Morgan fingerprint density at radius 3 is 2.85 bits per heavy atom. The number of nitrogen functional groups attached to an aromatic ring is 1. The molecule has 2 aromatic rings. The molecule has 20 heavy (non-hydrogen) atoms. The van der Waals surface area contributed by atoms with Crippen molar-refractivity contribution in [1.29, 1.82) is 0 Å².